The lowest BCUT2D eigenvalue weighted by Gasteiger charge is -2.24. The third kappa shape index (κ3) is 5.62. The van der Waals surface area contributed by atoms with Gasteiger partial charge in [-0.05, 0) is 49.2 Å². The molecule has 0 bridgehead atoms. The molecule has 2 aromatic rings. The maximum atomic E-state index is 12.9. The van der Waals surface area contributed by atoms with Crippen LogP contribution in [0.25, 0.3) is 0 Å². The molecule has 2 N–H and O–H groups in total. The van der Waals surface area contributed by atoms with Gasteiger partial charge in [0, 0.05) is 5.69 Å². The molecule has 2 rings (SSSR count). The fourth-order valence-electron chi connectivity index (χ4n) is 2.47. The van der Waals surface area contributed by atoms with E-state index in [4.69, 9.17) is 0 Å². The number of hydrogen-bond acceptors (Lipinski definition) is 2. The highest BCUT2D eigenvalue weighted by Crippen LogP contribution is 2.36. The van der Waals surface area contributed by atoms with E-state index in [-0.39, 0.29) is 16.7 Å². The van der Waals surface area contributed by atoms with Crippen molar-refractivity contribution >= 4 is 11.7 Å². The summed E-state index contributed by atoms with van der Waals surface area (Å²) in [6.07, 6.45) is -10.4. The Labute approximate surface area is 156 Å². The van der Waals surface area contributed by atoms with Crippen LogP contribution < -0.4 is 5.32 Å². The monoisotopic (exact) mass is 406 g/mol. The molecule has 2 aromatic carbocycles. The van der Waals surface area contributed by atoms with Gasteiger partial charge in [-0.25, -0.2) is 9.86 Å². The number of anilines is 1. The third-order valence-corrected chi connectivity index (χ3v) is 3.83. The van der Waals surface area contributed by atoms with Crippen LogP contribution in [-0.4, -0.2) is 22.3 Å². The number of nitrogens with one attached hydrogen (secondary N) is 1. The van der Waals surface area contributed by atoms with Crippen LogP contribution in [0.3, 0.4) is 0 Å². The van der Waals surface area contributed by atoms with E-state index in [1.165, 1.54) is 6.92 Å². The van der Waals surface area contributed by atoms with Gasteiger partial charge in [-0.3, -0.25) is 5.21 Å². The number of hydrogen-bond donors (Lipinski definition) is 2. The van der Waals surface area contributed by atoms with Crippen LogP contribution in [0, 0.1) is 0 Å². The maximum Gasteiger partial charge on any atom is 0.416 e. The van der Waals surface area contributed by atoms with E-state index in [2.05, 4.69) is 5.32 Å². The van der Waals surface area contributed by atoms with Crippen molar-refractivity contribution in [3.8, 4) is 0 Å². The number of nitrogens with zero attached hydrogens (tertiary/aromatic N) is 1. The van der Waals surface area contributed by atoms with E-state index in [1.54, 1.807) is 30.3 Å². The molecule has 1 atom stereocenters. The largest absolute Gasteiger partial charge is 0.416 e. The van der Waals surface area contributed by atoms with E-state index in [1.807, 2.05) is 0 Å². The van der Waals surface area contributed by atoms with Crippen LogP contribution >= 0.6 is 0 Å². The Morgan fingerprint density at radius 1 is 1.00 bits per heavy atom. The smallest absolute Gasteiger partial charge is 0.306 e. The number of carbonyl (C=O) groups excluding carboxylic acids is 1. The van der Waals surface area contributed by atoms with Crippen molar-refractivity contribution in [1.82, 2.24) is 5.06 Å². The minimum atomic E-state index is -4.97. The molecule has 1 unspecified atom stereocenters. The van der Waals surface area contributed by atoms with Crippen molar-refractivity contribution in [2.75, 3.05) is 5.32 Å². The summed E-state index contributed by atoms with van der Waals surface area (Å²) in [4.78, 5) is 12.0. The van der Waals surface area contributed by atoms with Crippen LogP contribution in [0.15, 0.2) is 48.5 Å². The first-order valence-electron chi connectivity index (χ1n) is 8.00. The van der Waals surface area contributed by atoms with Crippen molar-refractivity contribution in [2.45, 2.75) is 31.7 Å². The summed E-state index contributed by atoms with van der Waals surface area (Å²) in [5.41, 5.74) is -2.87. The van der Waals surface area contributed by atoms with Gasteiger partial charge in [-0.2, -0.15) is 26.3 Å². The van der Waals surface area contributed by atoms with Crippen LogP contribution in [-0.2, 0) is 18.8 Å². The molecule has 0 radical (unpaired) electrons. The van der Waals surface area contributed by atoms with Gasteiger partial charge >= 0.3 is 18.4 Å². The first-order valence-corrected chi connectivity index (χ1v) is 8.00. The van der Waals surface area contributed by atoms with E-state index < -0.39 is 42.0 Å². The molecule has 2 amide bonds. The summed E-state index contributed by atoms with van der Waals surface area (Å²) in [5.74, 6) is 0. The highest BCUT2D eigenvalue weighted by atomic mass is 19.4. The normalized spacial score (nSPS) is 13.1. The van der Waals surface area contributed by atoms with Crippen LogP contribution in [0.1, 0.15) is 23.6 Å². The molecule has 0 saturated heterocycles. The average Bonchev–Trinajstić information content (AvgIpc) is 2.60. The Morgan fingerprint density at radius 3 is 1.96 bits per heavy atom. The summed E-state index contributed by atoms with van der Waals surface area (Å²) in [5, 5.41) is 12.5. The quantitative estimate of drug-likeness (QED) is 0.396. The van der Waals surface area contributed by atoms with Crippen molar-refractivity contribution in [3.63, 3.8) is 0 Å². The second kappa shape index (κ2) is 8.09. The topological polar surface area (TPSA) is 52.6 Å². The van der Waals surface area contributed by atoms with Gasteiger partial charge in [0.1, 0.15) is 0 Å². The molecule has 0 heterocycles. The summed E-state index contributed by atoms with van der Waals surface area (Å²) in [6.45, 7) is 1.29. The van der Waals surface area contributed by atoms with Crippen molar-refractivity contribution < 1.29 is 36.3 Å². The van der Waals surface area contributed by atoms with E-state index in [9.17, 15) is 36.3 Å². The van der Waals surface area contributed by atoms with Gasteiger partial charge in [0.05, 0.1) is 17.2 Å². The highest BCUT2D eigenvalue weighted by molar-refractivity contribution is 5.88. The Hall–Kier alpha value is -2.75. The van der Waals surface area contributed by atoms with Crippen LogP contribution in [0.2, 0.25) is 0 Å². The summed E-state index contributed by atoms with van der Waals surface area (Å²) < 4.78 is 77.5. The molecule has 0 aliphatic carbocycles. The summed E-state index contributed by atoms with van der Waals surface area (Å²) in [6, 6.07) is 7.12. The second-order valence-electron chi connectivity index (χ2n) is 6.11. The molecule has 28 heavy (non-hydrogen) atoms. The van der Waals surface area contributed by atoms with Crippen LogP contribution in [0.5, 0.6) is 0 Å². The summed E-state index contributed by atoms with van der Waals surface area (Å²) in [7, 11) is 0. The fourth-order valence-corrected chi connectivity index (χ4v) is 2.47. The lowest BCUT2D eigenvalue weighted by molar-refractivity contribution is -0.143. The number of para-hydroxylation sites is 1. The number of benzene rings is 2. The third-order valence-electron chi connectivity index (χ3n) is 3.83. The Balaban J connectivity index is 2.20. The predicted molar refractivity (Wildman–Crippen MR) is 88.7 cm³/mol. The Bertz CT molecular complexity index is 789. The first-order chi connectivity index (χ1) is 12.9. The molecule has 10 heteroatoms. The maximum absolute atomic E-state index is 12.9. The predicted octanol–water partition coefficient (Wildman–Crippen LogP) is 5.58. The van der Waals surface area contributed by atoms with Crippen molar-refractivity contribution in [1.29, 1.82) is 0 Å². The Kier molecular flexibility index (Phi) is 6.23. The molecular weight excluding hydrogens is 390 g/mol. The van der Waals surface area contributed by atoms with Gasteiger partial charge in [-0.1, -0.05) is 18.2 Å². The fraction of sp³-hybridized carbons (Fsp3) is 0.278. The molecule has 0 fully saturated rings. The minimum absolute atomic E-state index is 0.0208. The lowest BCUT2D eigenvalue weighted by atomic mass is 10.00. The number of rotatable bonds is 4. The first kappa shape index (κ1) is 21.5. The van der Waals surface area contributed by atoms with Gasteiger partial charge in [-0.15, -0.1) is 0 Å². The lowest BCUT2D eigenvalue weighted by Crippen LogP contribution is -2.40. The zero-order chi connectivity index (χ0) is 21.1. The van der Waals surface area contributed by atoms with Gasteiger partial charge in [0.25, 0.3) is 0 Å². The SMILES string of the molecule is CC(Cc1cc(C(F)(F)F)cc(C(F)(F)F)c1)N(O)C(=O)Nc1ccccc1. The summed E-state index contributed by atoms with van der Waals surface area (Å²) >= 11 is 0. The molecule has 0 aliphatic rings. The number of carbonyl (C=O) groups is 1. The zero-order valence-electron chi connectivity index (χ0n) is 14.5. The van der Waals surface area contributed by atoms with E-state index in [0.29, 0.717) is 17.8 Å². The minimum Gasteiger partial charge on any atom is -0.306 e. The molecule has 152 valence electrons. The molecule has 0 saturated carbocycles. The number of amides is 2. The van der Waals surface area contributed by atoms with Crippen molar-refractivity contribution in [2.24, 2.45) is 0 Å². The standard InChI is InChI=1S/C18H16F6N2O2/c1-11(26(28)16(27)25-15-5-3-2-4-6-15)7-12-8-13(17(19,20)21)10-14(9-12)18(22,23)24/h2-6,8-11,28H,7H2,1H3,(H,25,27). The molecular formula is C18H16F6N2O2. The van der Waals surface area contributed by atoms with E-state index in [0.717, 1.165) is 0 Å². The zero-order valence-corrected chi connectivity index (χ0v) is 14.5. The van der Waals surface area contributed by atoms with Gasteiger partial charge < -0.3 is 5.32 Å². The Morgan fingerprint density at radius 2 is 1.50 bits per heavy atom. The van der Waals surface area contributed by atoms with Gasteiger partial charge in [0.2, 0.25) is 0 Å². The highest BCUT2D eigenvalue weighted by Gasteiger charge is 2.37. The van der Waals surface area contributed by atoms with Gasteiger partial charge in [0.15, 0.2) is 0 Å². The number of urea groups is 1. The number of halogens is 6. The van der Waals surface area contributed by atoms with Crippen molar-refractivity contribution in [3.05, 3.63) is 65.2 Å². The molecule has 0 aliphatic heterocycles. The second-order valence-corrected chi connectivity index (χ2v) is 6.11. The van der Waals surface area contributed by atoms with E-state index >= 15 is 0 Å². The number of hydroxylamine groups is 2. The average molecular weight is 406 g/mol. The molecule has 0 spiro atoms. The number of alkyl halides is 6. The van der Waals surface area contributed by atoms with Crippen LogP contribution in [0.4, 0.5) is 36.8 Å². The molecule has 4 nitrogen and oxygen atoms in total. The molecule has 0 aromatic heterocycles.